The standard InChI is InChI=1S/C13H10N2/c1-2-6-10(7-3-1)12-13-9-5-4-8-11(13)15(13)14-12/h1-9,11H. The minimum absolute atomic E-state index is 0.121. The van der Waals surface area contributed by atoms with Crippen LogP contribution in [0.25, 0.3) is 0 Å². The minimum Gasteiger partial charge on any atom is -0.268 e. The summed E-state index contributed by atoms with van der Waals surface area (Å²) >= 11 is 0. The molecule has 2 nitrogen and oxygen atoms in total. The Hall–Kier alpha value is -1.83. The average Bonchev–Trinajstić information content (AvgIpc) is 2.81. The highest BCUT2D eigenvalue weighted by Crippen LogP contribution is 2.54. The van der Waals surface area contributed by atoms with Gasteiger partial charge in [0, 0.05) is 5.56 Å². The molecule has 1 aliphatic carbocycles. The lowest BCUT2D eigenvalue weighted by molar-refractivity contribution is 0.480. The van der Waals surface area contributed by atoms with Gasteiger partial charge in [-0.05, 0) is 6.08 Å². The van der Waals surface area contributed by atoms with Gasteiger partial charge in [0.2, 0.25) is 0 Å². The molecule has 1 saturated heterocycles. The molecule has 15 heavy (non-hydrogen) atoms. The lowest BCUT2D eigenvalue weighted by Gasteiger charge is -2.23. The van der Waals surface area contributed by atoms with Gasteiger partial charge in [0.25, 0.3) is 0 Å². The van der Waals surface area contributed by atoms with Crippen LogP contribution in [0.4, 0.5) is 0 Å². The molecular formula is C13H10N2. The van der Waals surface area contributed by atoms with Crippen LogP contribution in [0, 0.1) is 0 Å². The highest BCUT2D eigenvalue weighted by atomic mass is 15.7. The van der Waals surface area contributed by atoms with Gasteiger partial charge in [0.1, 0.15) is 17.3 Å². The van der Waals surface area contributed by atoms with Crippen molar-refractivity contribution in [1.29, 1.82) is 0 Å². The summed E-state index contributed by atoms with van der Waals surface area (Å²) in [5, 5.41) is 6.71. The Balaban J connectivity index is 1.79. The number of allylic oxidation sites excluding steroid dienone is 2. The second-order valence-corrected chi connectivity index (χ2v) is 4.17. The van der Waals surface area contributed by atoms with Gasteiger partial charge in [0.05, 0.1) is 0 Å². The van der Waals surface area contributed by atoms with Crippen LogP contribution in [0.15, 0.2) is 59.7 Å². The summed E-state index contributed by atoms with van der Waals surface area (Å²) in [6.07, 6.45) is 8.70. The summed E-state index contributed by atoms with van der Waals surface area (Å²) in [6, 6.07) is 10.9. The molecule has 0 radical (unpaired) electrons. The summed E-state index contributed by atoms with van der Waals surface area (Å²) in [5.41, 5.74) is 2.58. The molecule has 1 aromatic rings. The summed E-state index contributed by atoms with van der Waals surface area (Å²) in [7, 11) is 0. The Kier molecular flexibility index (Phi) is 1.10. The molecule has 0 N–H and O–H groups in total. The maximum Gasteiger partial charge on any atom is 0.147 e. The van der Waals surface area contributed by atoms with Gasteiger partial charge in [-0.3, -0.25) is 5.01 Å². The molecule has 2 atom stereocenters. The van der Waals surface area contributed by atoms with Crippen LogP contribution in [0.5, 0.6) is 0 Å². The second-order valence-electron chi connectivity index (χ2n) is 4.17. The molecule has 4 rings (SSSR count). The molecule has 0 aromatic heterocycles. The Bertz CT molecular complexity index is 513. The molecule has 1 aromatic carbocycles. The zero-order chi connectivity index (χ0) is 9.88. The number of hydrogen-bond acceptors (Lipinski definition) is 2. The smallest absolute Gasteiger partial charge is 0.147 e. The van der Waals surface area contributed by atoms with Crippen molar-refractivity contribution in [2.75, 3.05) is 0 Å². The Morgan fingerprint density at radius 1 is 1.13 bits per heavy atom. The average molecular weight is 194 g/mol. The summed E-state index contributed by atoms with van der Waals surface area (Å²) in [4.78, 5) is 0. The van der Waals surface area contributed by atoms with Crippen molar-refractivity contribution in [3.05, 3.63) is 60.2 Å². The van der Waals surface area contributed by atoms with Crippen LogP contribution in [0.2, 0.25) is 0 Å². The van der Waals surface area contributed by atoms with Gasteiger partial charge in [0.15, 0.2) is 0 Å². The maximum atomic E-state index is 4.55. The van der Waals surface area contributed by atoms with E-state index >= 15 is 0 Å². The molecule has 3 aliphatic rings. The quantitative estimate of drug-likeness (QED) is 0.624. The van der Waals surface area contributed by atoms with Gasteiger partial charge < -0.3 is 0 Å². The van der Waals surface area contributed by atoms with Gasteiger partial charge in [-0.1, -0.05) is 48.6 Å². The van der Waals surface area contributed by atoms with E-state index in [1.54, 1.807) is 0 Å². The fourth-order valence-electron chi connectivity index (χ4n) is 2.59. The second kappa shape index (κ2) is 2.22. The SMILES string of the molecule is C1=CC2N3N=C(c4ccccc4)C23C=C1. The Morgan fingerprint density at radius 3 is 2.80 bits per heavy atom. The van der Waals surface area contributed by atoms with Crippen LogP contribution in [0.1, 0.15) is 5.56 Å². The van der Waals surface area contributed by atoms with Crippen LogP contribution in [-0.4, -0.2) is 22.3 Å². The Morgan fingerprint density at radius 2 is 2.00 bits per heavy atom. The van der Waals surface area contributed by atoms with Gasteiger partial charge >= 0.3 is 0 Å². The van der Waals surface area contributed by atoms with E-state index in [-0.39, 0.29) is 5.54 Å². The zero-order valence-electron chi connectivity index (χ0n) is 8.17. The molecule has 1 spiro atoms. The van der Waals surface area contributed by atoms with Crippen molar-refractivity contribution in [2.45, 2.75) is 11.6 Å². The fraction of sp³-hybridized carbons (Fsp3) is 0.154. The van der Waals surface area contributed by atoms with E-state index < -0.39 is 0 Å². The summed E-state index contributed by atoms with van der Waals surface area (Å²) < 4.78 is 0. The van der Waals surface area contributed by atoms with E-state index in [9.17, 15) is 0 Å². The molecule has 2 heterocycles. The predicted octanol–water partition coefficient (Wildman–Crippen LogP) is 1.95. The van der Waals surface area contributed by atoms with E-state index in [0.717, 1.165) is 0 Å². The minimum atomic E-state index is 0.121. The van der Waals surface area contributed by atoms with E-state index in [2.05, 4.69) is 58.7 Å². The maximum absolute atomic E-state index is 4.55. The van der Waals surface area contributed by atoms with E-state index in [1.807, 2.05) is 6.07 Å². The van der Waals surface area contributed by atoms with Gasteiger partial charge in [-0.2, -0.15) is 5.10 Å². The normalized spacial score (nSPS) is 34.0. The van der Waals surface area contributed by atoms with Gasteiger partial charge in [-0.25, -0.2) is 0 Å². The number of benzene rings is 1. The van der Waals surface area contributed by atoms with Crippen LogP contribution in [0.3, 0.4) is 0 Å². The first-order valence-corrected chi connectivity index (χ1v) is 5.23. The van der Waals surface area contributed by atoms with Crippen LogP contribution in [-0.2, 0) is 0 Å². The predicted molar refractivity (Wildman–Crippen MR) is 59.6 cm³/mol. The number of nitrogens with zero attached hydrogens (tertiary/aromatic N) is 2. The third-order valence-electron chi connectivity index (χ3n) is 3.41. The van der Waals surface area contributed by atoms with Crippen molar-refractivity contribution in [2.24, 2.45) is 5.10 Å². The van der Waals surface area contributed by atoms with Crippen LogP contribution < -0.4 is 0 Å². The zero-order valence-corrected chi connectivity index (χ0v) is 8.17. The molecule has 0 bridgehead atoms. The van der Waals surface area contributed by atoms with Crippen LogP contribution >= 0.6 is 0 Å². The molecule has 2 aliphatic heterocycles. The summed E-state index contributed by atoms with van der Waals surface area (Å²) in [6.45, 7) is 0. The molecule has 2 unspecified atom stereocenters. The third kappa shape index (κ3) is 0.708. The Labute approximate surface area is 88.2 Å². The highest BCUT2D eigenvalue weighted by molar-refractivity contribution is 6.15. The first-order valence-electron chi connectivity index (χ1n) is 5.23. The van der Waals surface area contributed by atoms with E-state index in [0.29, 0.717) is 6.04 Å². The molecule has 72 valence electrons. The first kappa shape index (κ1) is 7.46. The number of rotatable bonds is 1. The van der Waals surface area contributed by atoms with E-state index in [4.69, 9.17) is 0 Å². The fourth-order valence-corrected chi connectivity index (χ4v) is 2.59. The van der Waals surface area contributed by atoms with Crippen molar-refractivity contribution < 1.29 is 0 Å². The lowest BCUT2D eigenvalue weighted by Crippen LogP contribution is -2.36. The monoisotopic (exact) mass is 194 g/mol. The third-order valence-corrected chi connectivity index (χ3v) is 3.41. The molecule has 0 amide bonds. The number of hydrogen-bond donors (Lipinski definition) is 0. The highest BCUT2D eigenvalue weighted by Gasteiger charge is 2.70. The van der Waals surface area contributed by atoms with Gasteiger partial charge in [-0.15, -0.1) is 0 Å². The molecule has 2 heteroatoms. The first-order chi connectivity index (χ1) is 7.43. The number of hydrazone groups is 1. The van der Waals surface area contributed by atoms with Crippen molar-refractivity contribution >= 4 is 5.71 Å². The molecule has 0 saturated carbocycles. The molecule has 1 fully saturated rings. The van der Waals surface area contributed by atoms with Crippen molar-refractivity contribution in [3.63, 3.8) is 0 Å². The van der Waals surface area contributed by atoms with Crippen molar-refractivity contribution in [3.8, 4) is 0 Å². The van der Waals surface area contributed by atoms with Crippen molar-refractivity contribution in [1.82, 2.24) is 5.01 Å². The lowest BCUT2D eigenvalue weighted by atomic mass is 9.89. The largest absolute Gasteiger partial charge is 0.268 e. The van der Waals surface area contributed by atoms with E-state index in [1.165, 1.54) is 11.3 Å². The topological polar surface area (TPSA) is 15.4 Å². The summed E-state index contributed by atoms with van der Waals surface area (Å²) in [5.74, 6) is 0. The number of fused-ring (bicyclic) bond motifs is 1. The molecular weight excluding hydrogens is 184 g/mol.